The van der Waals surface area contributed by atoms with Crippen LogP contribution in [0.1, 0.15) is 83.1 Å². The molecule has 136 valence electrons. The second kappa shape index (κ2) is 12.5. The van der Waals surface area contributed by atoms with Crippen molar-refractivity contribution < 1.29 is 4.74 Å². The minimum atomic E-state index is 0.358. The van der Waals surface area contributed by atoms with Crippen molar-refractivity contribution >= 4 is 0 Å². The van der Waals surface area contributed by atoms with Crippen LogP contribution in [0.4, 0.5) is 0 Å². The number of ether oxygens (including phenoxy) is 1. The van der Waals surface area contributed by atoms with Gasteiger partial charge >= 0.3 is 0 Å². The molecule has 1 N–H and O–H groups in total. The van der Waals surface area contributed by atoms with Crippen molar-refractivity contribution in [3.63, 3.8) is 0 Å². The molecule has 0 bridgehead atoms. The van der Waals surface area contributed by atoms with E-state index in [1.54, 1.807) is 0 Å². The molecular weight excluding hydrogens is 294 g/mol. The van der Waals surface area contributed by atoms with Crippen molar-refractivity contribution in [3.8, 4) is 0 Å². The first-order chi connectivity index (χ1) is 11.9. The van der Waals surface area contributed by atoms with Gasteiger partial charge in [0.25, 0.3) is 0 Å². The Balaban J connectivity index is 1.93. The molecule has 0 amide bonds. The summed E-state index contributed by atoms with van der Waals surface area (Å²) in [4.78, 5) is 0. The van der Waals surface area contributed by atoms with Gasteiger partial charge in [0.2, 0.25) is 0 Å². The summed E-state index contributed by atoms with van der Waals surface area (Å²) in [6.45, 7) is 4.11. The maximum Gasteiger partial charge on any atom is 0.0732 e. The van der Waals surface area contributed by atoms with Gasteiger partial charge in [0.1, 0.15) is 0 Å². The third-order valence-electron chi connectivity index (χ3n) is 5.17. The number of nitrogens with one attached hydrogen (secondary N) is 1. The highest BCUT2D eigenvalue weighted by Gasteiger charge is 2.21. The molecular formula is C22H37NO. The first-order valence-electron chi connectivity index (χ1n) is 10.3. The van der Waals surface area contributed by atoms with Gasteiger partial charge in [0.05, 0.1) is 12.7 Å². The van der Waals surface area contributed by atoms with E-state index in [2.05, 4.69) is 42.6 Å². The lowest BCUT2D eigenvalue weighted by Gasteiger charge is -2.29. The van der Waals surface area contributed by atoms with Crippen LogP contribution in [-0.2, 0) is 11.3 Å². The molecule has 2 nitrogen and oxygen atoms in total. The highest BCUT2D eigenvalue weighted by Crippen LogP contribution is 2.20. The molecule has 0 saturated heterocycles. The first kappa shape index (κ1) is 19.5. The standard InChI is InChI=1S/C22H37NO/c1-2-18-23-21-16-12-7-5-3-4-6-8-13-17-22(21)24-19-20-14-10-9-11-15-20/h9-11,14-15,21-23H,2-8,12-13,16-19H2,1H3. The molecule has 2 heteroatoms. The summed E-state index contributed by atoms with van der Waals surface area (Å²) in [6.07, 6.45) is 15.1. The molecule has 0 aromatic heterocycles. The topological polar surface area (TPSA) is 21.3 Å². The average Bonchev–Trinajstić information content (AvgIpc) is 2.61. The van der Waals surface area contributed by atoms with E-state index in [0.717, 1.165) is 13.2 Å². The Bertz CT molecular complexity index is 406. The highest BCUT2D eigenvalue weighted by atomic mass is 16.5. The number of benzene rings is 1. The molecule has 1 aliphatic rings. The zero-order valence-electron chi connectivity index (χ0n) is 15.6. The van der Waals surface area contributed by atoms with E-state index in [0.29, 0.717) is 12.1 Å². The van der Waals surface area contributed by atoms with E-state index < -0.39 is 0 Å². The van der Waals surface area contributed by atoms with Crippen LogP contribution in [0.2, 0.25) is 0 Å². The minimum Gasteiger partial charge on any atom is -0.372 e. The fraction of sp³-hybridized carbons (Fsp3) is 0.727. The fourth-order valence-corrected chi connectivity index (χ4v) is 3.70. The smallest absolute Gasteiger partial charge is 0.0732 e. The van der Waals surface area contributed by atoms with Crippen LogP contribution in [0, 0.1) is 0 Å². The molecule has 2 unspecified atom stereocenters. The van der Waals surface area contributed by atoms with Crippen LogP contribution in [0.15, 0.2) is 30.3 Å². The van der Waals surface area contributed by atoms with Gasteiger partial charge in [-0.2, -0.15) is 0 Å². The Kier molecular flexibility index (Phi) is 10.1. The van der Waals surface area contributed by atoms with Crippen LogP contribution >= 0.6 is 0 Å². The van der Waals surface area contributed by atoms with Crippen LogP contribution < -0.4 is 5.32 Å². The van der Waals surface area contributed by atoms with E-state index in [1.165, 1.54) is 76.2 Å². The normalized spacial score (nSPS) is 24.0. The monoisotopic (exact) mass is 331 g/mol. The quantitative estimate of drug-likeness (QED) is 0.705. The summed E-state index contributed by atoms with van der Waals surface area (Å²) < 4.78 is 6.42. The van der Waals surface area contributed by atoms with E-state index in [9.17, 15) is 0 Å². The Morgan fingerprint density at radius 3 is 2.17 bits per heavy atom. The van der Waals surface area contributed by atoms with E-state index >= 15 is 0 Å². The molecule has 0 heterocycles. The molecule has 1 fully saturated rings. The van der Waals surface area contributed by atoms with Crippen molar-refractivity contribution in [2.45, 2.75) is 96.3 Å². The van der Waals surface area contributed by atoms with Crippen molar-refractivity contribution in [1.29, 1.82) is 0 Å². The van der Waals surface area contributed by atoms with Crippen LogP contribution in [-0.4, -0.2) is 18.7 Å². The molecule has 1 aromatic rings. The van der Waals surface area contributed by atoms with Crippen molar-refractivity contribution in [2.75, 3.05) is 6.54 Å². The lowest BCUT2D eigenvalue weighted by atomic mass is 9.95. The lowest BCUT2D eigenvalue weighted by molar-refractivity contribution is 0.00501. The Hall–Kier alpha value is -0.860. The molecule has 0 spiro atoms. The Morgan fingerprint density at radius 2 is 1.50 bits per heavy atom. The summed E-state index contributed by atoms with van der Waals surface area (Å²) in [7, 11) is 0. The van der Waals surface area contributed by atoms with Crippen LogP contribution in [0.5, 0.6) is 0 Å². The van der Waals surface area contributed by atoms with Crippen molar-refractivity contribution in [2.24, 2.45) is 0 Å². The Morgan fingerprint density at radius 1 is 0.875 bits per heavy atom. The minimum absolute atomic E-state index is 0.358. The summed E-state index contributed by atoms with van der Waals surface area (Å²) in [5.74, 6) is 0. The third-order valence-corrected chi connectivity index (χ3v) is 5.17. The molecule has 1 saturated carbocycles. The van der Waals surface area contributed by atoms with Crippen molar-refractivity contribution in [1.82, 2.24) is 5.32 Å². The zero-order valence-corrected chi connectivity index (χ0v) is 15.6. The molecule has 2 rings (SSSR count). The number of rotatable bonds is 6. The van der Waals surface area contributed by atoms with Gasteiger partial charge in [-0.25, -0.2) is 0 Å². The van der Waals surface area contributed by atoms with Gasteiger partial charge in [-0.3, -0.25) is 0 Å². The molecule has 0 aliphatic heterocycles. The summed E-state index contributed by atoms with van der Waals surface area (Å²) >= 11 is 0. The SMILES string of the molecule is CCCNC1CCCCCCCCCCC1OCc1ccccc1. The number of hydrogen-bond acceptors (Lipinski definition) is 2. The second-order valence-corrected chi connectivity index (χ2v) is 7.30. The van der Waals surface area contributed by atoms with Gasteiger partial charge in [-0.15, -0.1) is 0 Å². The number of hydrogen-bond donors (Lipinski definition) is 1. The van der Waals surface area contributed by atoms with Gasteiger partial charge in [-0.05, 0) is 31.4 Å². The maximum absolute atomic E-state index is 6.42. The second-order valence-electron chi connectivity index (χ2n) is 7.30. The largest absolute Gasteiger partial charge is 0.372 e. The fourth-order valence-electron chi connectivity index (χ4n) is 3.70. The summed E-state index contributed by atoms with van der Waals surface area (Å²) in [5, 5.41) is 3.78. The van der Waals surface area contributed by atoms with E-state index in [4.69, 9.17) is 4.74 Å². The third kappa shape index (κ3) is 7.81. The van der Waals surface area contributed by atoms with Gasteiger partial charge in [0, 0.05) is 6.04 Å². The Labute approximate surface area is 149 Å². The maximum atomic E-state index is 6.42. The van der Waals surface area contributed by atoms with Gasteiger partial charge in [0.15, 0.2) is 0 Å². The molecule has 1 aromatic carbocycles. The zero-order chi connectivity index (χ0) is 16.9. The molecule has 0 radical (unpaired) electrons. The molecule has 1 aliphatic carbocycles. The highest BCUT2D eigenvalue weighted by molar-refractivity contribution is 5.13. The van der Waals surface area contributed by atoms with Gasteiger partial charge in [-0.1, -0.05) is 88.6 Å². The van der Waals surface area contributed by atoms with Gasteiger partial charge < -0.3 is 10.1 Å². The van der Waals surface area contributed by atoms with Crippen molar-refractivity contribution in [3.05, 3.63) is 35.9 Å². The average molecular weight is 332 g/mol. The summed E-state index contributed by atoms with van der Waals surface area (Å²) in [5.41, 5.74) is 1.29. The molecule has 24 heavy (non-hydrogen) atoms. The summed E-state index contributed by atoms with van der Waals surface area (Å²) in [6, 6.07) is 11.1. The lowest BCUT2D eigenvalue weighted by Crippen LogP contribution is -2.42. The first-order valence-corrected chi connectivity index (χ1v) is 10.3. The predicted molar refractivity (Wildman–Crippen MR) is 103 cm³/mol. The predicted octanol–water partition coefficient (Wildman–Crippen LogP) is 5.85. The van der Waals surface area contributed by atoms with Crippen LogP contribution in [0.25, 0.3) is 0 Å². The van der Waals surface area contributed by atoms with Crippen LogP contribution in [0.3, 0.4) is 0 Å². The molecule has 2 atom stereocenters. The van der Waals surface area contributed by atoms with E-state index in [1.807, 2.05) is 0 Å². The van der Waals surface area contributed by atoms with E-state index in [-0.39, 0.29) is 0 Å².